The molecule has 0 N–H and O–H groups in total. The first-order valence-electron chi connectivity index (χ1n) is 4.02. The van der Waals surface area contributed by atoms with E-state index >= 15 is 0 Å². The molecule has 1 aliphatic rings. The van der Waals surface area contributed by atoms with Gasteiger partial charge in [-0.05, 0) is 12.3 Å². The summed E-state index contributed by atoms with van der Waals surface area (Å²) in [6.45, 7) is 4.57. The van der Waals surface area contributed by atoms with E-state index in [1.807, 2.05) is 0 Å². The Morgan fingerprint density at radius 2 is 2.09 bits per heavy atom. The highest BCUT2D eigenvalue weighted by Crippen LogP contribution is 2.44. The van der Waals surface area contributed by atoms with Crippen LogP contribution in [0.1, 0.15) is 26.7 Å². The molecule has 1 saturated carbocycles. The van der Waals surface area contributed by atoms with Gasteiger partial charge in [0.15, 0.2) is 0 Å². The van der Waals surface area contributed by atoms with Crippen molar-refractivity contribution in [2.45, 2.75) is 38.7 Å². The van der Waals surface area contributed by atoms with E-state index in [4.69, 9.17) is 4.74 Å². The van der Waals surface area contributed by atoms with Crippen molar-refractivity contribution >= 4 is 0 Å². The van der Waals surface area contributed by atoms with Gasteiger partial charge in [-0.25, -0.2) is 8.78 Å². The van der Waals surface area contributed by atoms with Crippen LogP contribution in [0.4, 0.5) is 8.78 Å². The van der Waals surface area contributed by atoms with Crippen LogP contribution in [0.15, 0.2) is 0 Å². The van der Waals surface area contributed by atoms with Crippen molar-refractivity contribution in [2.24, 2.45) is 5.92 Å². The third kappa shape index (κ3) is 2.73. The van der Waals surface area contributed by atoms with Crippen molar-refractivity contribution in [1.82, 2.24) is 0 Å². The van der Waals surface area contributed by atoms with Crippen LogP contribution in [0.5, 0.6) is 0 Å². The Morgan fingerprint density at radius 3 is 2.45 bits per heavy atom. The molecule has 0 aliphatic heterocycles. The zero-order chi connectivity index (χ0) is 8.48. The number of hydrogen-bond donors (Lipinski definition) is 0. The lowest BCUT2D eigenvalue weighted by Gasteiger charge is -2.04. The van der Waals surface area contributed by atoms with Crippen molar-refractivity contribution in [1.29, 1.82) is 0 Å². The molecule has 1 nitrogen and oxygen atoms in total. The maximum atomic E-state index is 12.2. The minimum absolute atomic E-state index is 0.0783. The smallest absolute Gasteiger partial charge is 0.276 e. The second kappa shape index (κ2) is 3.05. The van der Waals surface area contributed by atoms with Crippen molar-refractivity contribution in [3.63, 3.8) is 0 Å². The van der Waals surface area contributed by atoms with Crippen LogP contribution in [0.2, 0.25) is 0 Å². The number of alkyl halides is 2. The average Bonchev–Trinajstić information content (AvgIpc) is 2.39. The fourth-order valence-corrected chi connectivity index (χ4v) is 0.815. The molecule has 0 saturated heterocycles. The molecule has 1 atom stereocenters. The molecule has 0 heterocycles. The summed E-state index contributed by atoms with van der Waals surface area (Å²) >= 11 is 0. The van der Waals surface area contributed by atoms with Gasteiger partial charge in [-0.1, -0.05) is 13.8 Å². The van der Waals surface area contributed by atoms with Crippen molar-refractivity contribution < 1.29 is 13.5 Å². The van der Waals surface area contributed by atoms with Gasteiger partial charge in [0.2, 0.25) is 0 Å². The Bertz CT molecular complexity index is 134. The van der Waals surface area contributed by atoms with E-state index in [1.54, 1.807) is 0 Å². The Labute approximate surface area is 65.7 Å². The van der Waals surface area contributed by atoms with Crippen LogP contribution < -0.4 is 0 Å². The summed E-state index contributed by atoms with van der Waals surface area (Å²) in [6.07, 6.45) is 0.0127. The molecule has 66 valence electrons. The average molecular weight is 164 g/mol. The van der Waals surface area contributed by atoms with Crippen LogP contribution in [0, 0.1) is 5.92 Å². The summed E-state index contributed by atoms with van der Waals surface area (Å²) in [5, 5.41) is 0. The van der Waals surface area contributed by atoms with Gasteiger partial charge < -0.3 is 4.74 Å². The monoisotopic (exact) mass is 164 g/mol. The minimum Gasteiger partial charge on any atom is -0.372 e. The van der Waals surface area contributed by atoms with E-state index in [9.17, 15) is 8.78 Å². The minimum atomic E-state index is -2.52. The molecule has 0 amide bonds. The normalized spacial score (nSPS) is 27.5. The Balaban J connectivity index is 1.98. The van der Waals surface area contributed by atoms with Gasteiger partial charge in [0.1, 0.15) is 6.10 Å². The highest BCUT2D eigenvalue weighted by molar-refractivity contribution is 4.96. The molecule has 0 aromatic heterocycles. The summed E-state index contributed by atoms with van der Waals surface area (Å²) in [5.41, 5.74) is 0. The maximum absolute atomic E-state index is 12.2. The van der Waals surface area contributed by atoms with Crippen LogP contribution in [-0.2, 0) is 4.74 Å². The molecule has 0 bridgehead atoms. The number of rotatable bonds is 4. The van der Waals surface area contributed by atoms with Gasteiger partial charge in [-0.15, -0.1) is 0 Å². The van der Waals surface area contributed by atoms with Crippen molar-refractivity contribution in [2.75, 3.05) is 6.61 Å². The van der Waals surface area contributed by atoms with E-state index in [2.05, 4.69) is 13.8 Å². The molecule has 0 aromatic rings. The molecular formula is C8H14F2O. The summed E-state index contributed by atoms with van der Waals surface area (Å²) < 4.78 is 29.3. The molecule has 1 unspecified atom stereocenters. The van der Waals surface area contributed by atoms with Crippen molar-refractivity contribution in [3.8, 4) is 0 Å². The van der Waals surface area contributed by atoms with Crippen LogP contribution in [0.3, 0.4) is 0 Å². The molecule has 0 aromatic carbocycles. The second-order valence-electron chi connectivity index (χ2n) is 3.51. The lowest BCUT2D eigenvalue weighted by atomic mass is 10.1. The maximum Gasteiger partial charge on any atom is 0.276 e. The molecule has 0 spiro atoms. The molecule has 0 radical (unpaired) electrons. The summed E-state index contributed by atoms with van der Waals surface area (Å²) in [7, 11) is 0. The summed E-state index contributed by atoms with van der Waals surface area (Å²) in [4.78, 5) is 0. The van der Waals surface area contributed by atoms with E-state index in [1.165, 1.54) is 0 Å². The van der Waals surface area contributed by atoms with Gasteiger partial charge in [-0.2, -0.15) is 0 Å². The van der Waals surface area contributed by atoms with Gasteiger partial charge in [0.25, 0.3) is 5.92 Å². The molecule has 3 heteroatoms. The van der Waals surface area contributed by atoms with Gasteiger partial charge in [0, 0.05) is 13.0 Å². The molecule has 1 rings (SSSR count). The Kier molecular flexibility index (Phi) is 2.47. The van der Waals surface area contributed by atoms with Gasteiger partial charge in [-0.3, -0.25) is 0 Å². The van der Waals surface area contributed by atoms with Crippen LogP contribution in [-0.4, -0.2) is 18.6 Å². The van der Waals surface area contributed by atoms with Gasteiger partial charge in [0.05, 0.1) is 0 Å². The quantitative estimate of drug-likeness (QED) is 0.620. The predicted octanol–water partition coefficient (Wildman–Crippen LogP) is 2.46. The molecule has 11 heavy (non-hydrogen) atoms. The fourth-order valence-electron chi connectivity index (χ4n) is 0.815. The van der Waals surface area contributed by atoms with Crippen LogP contribution in [0.25, 0.3) is 0 Å². The van der Waals surface area contributed by atoms with Gasteiger partial charge >= 0.3 is 0 Å². The van der Waals surface area contributed by atoms with E-state index in [-0.39, 0.29) is 6.42 Å². The molecule has 1 aliphatic carbocycles. The lowest BCUT2D eigenvalue weighted by molar-refractivity contribution is 0.0101. The predicted molar refractivity (Wildman–Crippen MR) is 38.8 cm³/mol. The van der Waals surface area contributed by atoms with E-state index in [0.29, 0.717) is 12.5 Å². The van der Waals surface area contributed by atoms with Crippen molar-refractivity contribution in [3.05, 3.63) is 0 Å². The topological polar surface area (TPSA) is 9.23 Å². The first-order valence-corrected chi connectivity index (χ1v) is 4.02. The first-order chi connectivity index (χ1) is 5.02. The number of ether oxygens (including phenoxy) is 1. The lowest BCUT2D eigenvalue weighted by Crippen LogP contribution is -2.06. The molecular weight excluding hydrogens is 150 g/mol. The highest BCUT2D eigenvalue weighted by Gasteiger charge is 2.58. The third-order valence-electron chi connectivity index (χ3n) is 1.78. The zero-order valence-corrected chi connectivity index (χ0v) is 6.94. The van der Waals surface area contributed by atoms with E-state index in [0.717, 1.165) is 6.42 Å². The van der Waals surface area contributed by atoms with E-state index < -0.39 is 12.0 Å². The largest absolute Gasteiger partial charge is 0.372 e. The summed E-state index contributed by atoms with van der Waals surface area (Å²) in [6, 6.07) is 0. The Morgan fingerprint density at radius 1 is 1.55 bits per heavy atom. The highest BCUT2D eigenvalue weighted by atomic mass is 19.3. The fraction of sp³-hybridized carbons (Fsp3) is 1.00. The number of hydrogen-bond acceptors (Lipinski definition) is 1. The number of halogens is 2. The first kappa shape index (κ1) is 8.91. The standard InChI is InChI=1S/C8H14F2O/c1-6(2)3-4-11-7-5-8(7,9)10/h6-7H,3-5H2,1-2H3. The SMILES string of the molecule is CC(C)CCOC1CC1(F)F. The molecule has 1 fully saturated rings. The summed E-state index contributed by atoms with van der Waals surface area (Å²) in [5.74, 6) is -1.99. The van der Waals surface area contributed by atoms with Crippen LogP contribution >= 0.6 is 0 Å². The zero-order valence-electron chi connectivity index (χ0n) is 6.94. The Hall–Kier alpha value is -0.180. The third-order valence-corrected chi connectivity index (χ3v) is 1.78. The second-order valence-corrected chi connectivity index (χ2v) is 3.51.